The molecule has 0 N–H and O–H groups in total. The van der Waals surface area contributed by atoms with Gasteiger partial charge in [-0.3, -0.25) is 0 Å². The highest BCUT2D eigenvalue weighted by atomic mass is 16.5. The second-order valence-electron chi connectivity index (χ2n) is 4.73. The Kier molecular flexibility index (Phi) is 2.33. The Morgan fingerprint density at radius 3 is 2.55 bits per heavy atom. The number of benzene rings is 3. The van der Waals surface area contributed by atoms with E-state index in [0.717, 1.165) is 33.2 Å². The third kappa shape index (κ3) is 1.60. The zero-order valence-corrected chi connectivity index (χ0v) is 11.0. The topological polar surface area (TPSA) is 35.0 Å². The quantitative estimate of drug-likeness (QED) is 0.384. The second-order valence-corrected chi connectivity index (χ2v) is 4.73. The fourth-order valence-electron chi connectivity index (χ4n) is 2.52. The third-order valence-corrected chi connectivity index (χ3v) is 3.54. The van der Waals surface area contributed by atoms with Crippen LogP contribution in [0.2, 0.25) is 0 Å². The first-order valence-corrected chi connectivity index (χ1v) is 6.48. The Morgan fingerprint density at radius 1 is 0.800 bits per heavy atom. The van der Waals surface area contributed by atoms with Crippen molar-refractivity contribution >= 4 is 32.8 Å². The van der Waals surface area contributed by atoms with Crippen molar-refractivity contribution in [1.82, 2.24) is 9.97 Å². The maximum Gasteiger partial charge on any atom is 0.121 e. The van der Waals surface area contributed by atoms with Crippen LogP contribution in [-0.2, 0) is 0 Å². The molecule has 4 aromatic rings. The minimum atomic E-state index is 0.798. The monoisotopic (exact) mass is 260 g/mol. The Labute approximate surface area is 115 Å². The summed E-state index contributed by atoms with van der Waals surface area (Å²) in [5.74, 6) is 0.798. The van der Waals surface area contributed by atoms with Gasteiger partial charge < -0.3 is 4.74 Å². The molecule has 0 atom stereocenters. The van der Waals surface area contributed by atoms with E-state index in [0.29, 0.717) is 0 Å². The molecule has 1 heterocycles. The van der Waals surface area contributed by atoms with Crippen molar-refractivity contribution in [3.8, 4) is 5.75 Å². The Balaban J connectivity index is 2.14. The lowest BCUT2D eigenvalue weighted by Crippen LogP contribution is -1.90. The van der Waals surface area contributed by atoms with E-state index in [-0.39, 0.29) is 0 Å². The number of ether oxygens (including phenoxy) is 1. The van der Waals surface area contributed by atoms with Gasteiger partial charge in [0.25, 0.3) is 0 Å². The number of aromatic nitrogens is 2. The second kappa shape index (κ2) is 4.17. The van der Waals surface area contributed by atoms with Crippen LogP contribution in [0.4, 0.5) is 0 Å². The zero-order chi connectivity index (χ0) is 13.5. The lowest BCUT2D eigenvalue weighted by atomic mass is 10.1. The third-order valence-electron chi connectivity index (χ3n) is 3.54. The van der Waals surface area contributed by atoms with Gasteiger partial charge in [0.2, 0.25) is 0 Å². The van der Waals surface area contributed by atoms with Gasteiger partial charge >= 0.3 is 0 Å². The smallest absolute Gasteiger partial charge is 0.121 e. The number of hydrogen-bond acceptors (Lipinski definition) is 3. The molecule has 0 amide bonds. The van der Waals surface area contributed by atoms with Gasteiger partial charge in [0.1, 0.15) is 5.75 Å². The van der Waals surface area contributed by atoms with Crippen molar-refractivity contribution < 1.29 is 4.74 Å². The summed E-state index contributed by atoms with van der Waals surface area (Å²) in [5, 5.41) is 2.32. The average molecular weight is 260 g/mol. The van der Waals surface area contributed by atoms with Gasteiger partial charge in [-0.1, -0.05) is 30.3 Å². The highest BCUT2D eigenvalue weighted by Crippen LogP contribution is 2.26. The van der Waals surface area contributed by atoms with Crippen molar-refractivity contribution in [2.75, 3.05) is 7.11 Å². The molecule has 3 aromatic carbocycles. The molecule has 0 radical (unpaired) electrons. The normalized spacial score (nSPS) is 11.2. The number of methoxy groups -OCH3 is 1. The van der Waals surface area contributed by atoms with Crippen LogP contribution in [0.25, 0.3) is 32.8 Å². The first-order valence-electron chi connectivity index (χ1n) is 6.48. The largest absolute Gasteiger partial charge is 0.497 e. The van der Waals surface area contributed by atoms with Crippen LogP contribution in [0.3, 0.4) is 0 Å². The molecule has 1 aromatic heterocycles. The van der Waals surface area contributed by atoms with Crippen LogP contribution in [0.15, 0.2) is 54.6 Å². The van der Waals surface area contributed by atoms with E-state index >= 15 is 0 Å². The van der Waals surface area contributed by atoms with E-state index in [1.165, 1.54) is 5.39 Å². The maximum atomic E-state index is 5.24. The lowest BCUT2D eigenvalue weighted by Gasteiger charge is -2.06. The van der Waals surface area contributed by atoms with Crippen molar-refractivity contribution in [1.29, 1.82) is 0 Å². The standard InChI is InChI=1S/C17H12N2O/c1-20-12-7-9-14-16(10-12)18-15-8-6-11-4-2-3-5-13(11)17(15)19-14/h2-10H,1H3. The number of fused-ring (bicyclic) bond motifs is 4. The molecule has 0 bridgehead atoms. The first kappa shape index (κ1) is 11.2. The first-order chi connectivity index (χ1) is 9.85. The van der Waals surface area contributed by atoms with Gasteiger partial charge in [-0.2, -0.15) is 0 Å². The fraction of sp³-hybridized carbons (Fsp3) is 0.0588. The zero-order valence-electron chi connectivity index (χ0n) is 11.0. The van der Waals surface area contributed by atoms with Gasteiger partial charge in [-0.05, 0) is 23.6 Å². The van der Waals surface area contributed by atoms with Crippen LogP contribution in [0.5, 0.6) is 5.75 Å². The van der Waals surface area contributed by atoms with Crippen molar-refractivity contribution in [3.63, 3.8) is 0 Å². The molecule has 0 unspecified atom stereocenters. The summed E-state index contributed by atoms with van der Waals surface area (Å²) in [6.07, 6.45) is 0. The highest BCUT2D eigenvalue weighted by Gasteiger charge is 2.06. The summed E-state index contributed by atoms with van der Waals surface area (Å²) in [6.45, 7) is 0. The summed E-state index contributed by atoms with van der Waals surface area (Å²) in [5.41, 5.74) is 3.59. The van der Waals surface area contributed by atoms with E-state index in [4.69, 9.17) is 14.7 Å². The Morgan fingerprint density at radius 2 is 1.65 bits per heavy atom. The van der Waals surface area contributed by atoms with Crippen LogP contribution < -0.4 is 4.74 Å². The van der Waals surface area contributed by atoms with Crippen molar-refractivity contribution in [3.05, 3.63) is 54.6 Å². The molecular weight excluding hydrogens is 248 g/mol. The summed E-state index contributed by atoms with van der Waals surface area (Å²) >= 11 is 0. The molecule has 96 valence electrons. The molecule has 20 heavy (non-hydrogen) atoms. The van der Waals surface area contributed by atoms with Crippen LogP contribution in [-0.4, -0.2) is 17.1 Å². The molecule has 0 spiro atoms. The van der Waals surface area contributed by atoms with Gasteiger partial charge in [-0.15, -0.1) is 0 Å². The summed E-state index contributed by atoms with van der Waals surface area (Å²) in [7, 11) is 1.66. The van der Waals surface area contributed by atoms with Gasteiger partial charge in [0.05, 0.1) is 29.2 Å². The van der Waals surface area contributed by atoms with E-state index in [2.05, 4.69) is 18.2 Å². The molecule has 0 fully saturated rings. The van der Waals surface area contributed by atoms with E-state index in [1.54, 1.807) is 7.11 Å². The number of hydrogen-bond donors (Lipinski definition) is 0. The highest BCUT2D eigenvalue weighted by molar-refractivity contribution is 6.05. The van der Waals surface area contributed by atoms with E-state index in [9.17, 15) is 0 Å². The molecule has 4 rings (SSSR count). The molecule has 0 saturated heterocycles. The van der Waals surface area contributed by atoms with Crippen LogP contribution in [0.1, 0.15) is 0 Å². The van der Waals surface area contributed by atoms with Crippen LogP contribution >= 0.6 is 0 Å². The molecular formula is C17H12N2O. The van der Waals surface area contributed by atoms with Crippen LogP contribution in [0, 0.1) is 0 Å². The summed E-state index contributed by atoms with van der Waals surface area (Å²) in [6, 6.07) is 18.1. The minimum absolute atomic E-state index is 0.798. The van der Waals surface area contributed by atoms with Gasteiger partial charge in [0.15, 0.2) is 0 Å². The number of nitrogens with zero attached hydrogens (tertiary/aromatic N) is 2. The molecule has 0 aliphatic heterocycles. The van der Waals surface area contributed by atoms with Gasteiger partial charge in [-0.25, -0.2) is 9.97 Å². The maximum absolute atomic E-state index is 5.24. The predicted molar refractivity (Wildman–Crippen MR) is 81.1 cm³/mol. The Bertz CT molecular complexity index is 947. The Hall–Kier alpha value is -2.68. The SMILES string of the molecule is COc1ccc2nc3c(ccc4ccccc43)nc2c1. The van der Waals surface area contributed by atoms with E-state index < -0.39 is 0 Å². The molecule has 3 nitrogen and oxygen atoms in total. The van der Waals surface area contributed by atoms with Gasteiger partial charge in [0, 0.05) is 11.5 Å². The van der Waals surface area contributed by atoms with Crippen molar-refractivity contribution in [2.45, 2.75) is 0 Å². The van der Waals surface area contributed by atoms with Crippen molar-refractivity contribution in [2.24, 2.45) is 0 Å². The fourth-order valence-corrected chi connectivity index (χ4v) is 2.52. The predicted octanol–water partition coefficient (Wildman–Crippen LogP) is 3.94. The molecule has 0 aliphatic rings. The molecule has 3 heteroatoms. The summed E-state index contributed by atoms with van der Waals surface area (Å²) < 4.78 is 5.24. The number of rotatable bonds is 1. The lowest BCUT2D eigenvalue weighted by molar-refractivity contribution is 0.415. The molecule has 0 saturated carbocycles. The minimum Gasteiger partial charge on any atom is -0.497 e. The average Bonchev–Trinajstić information content (AvgIpc) is 2.52. The molecule has 0 aliphatic carbocycles. The van der Waals surface area contributed by atoms with E-state index in [1.807, 2.05) is 36.4 Å². The summed E-state index contributed by atoms with van der Waals surface area (Å²) in [4.78, 5) is 9.46.